The molecule has 1 aromatic carbocycles. The molecule has 0 spiro atoms. The molecule has 1 fully saturated rings. The standard InChI is InChI=1S/C19H21N5O2S/c1-13-6-8-14(9-7-13)18-22-23-19(26-18)27-12-17(25)21-16-10-11-20-24(16)15-4-2-3-5-15/h6-11,15H,2-5,12H2,1H3,(H,21,25). The number of nitrogens with one attached hydrogen (secondary N) is 1. The Morgan fingerprint density at radius 3 is 2.78 bits per heavy atom. The molecule has 0 atom stereocenters. The van der Waals surface area contributed by atoms with Crippen molar-refractivity contribution < 1.29 is 9.21 Å². The van der Waals surface area contributed by atoms with Gasteiger partial charge in [0.2, 0.25) is 11.8 Å². The van der Waals surface area contributed by atoms with Crippen molar-refractivity contribution in [2.24, 2.45) is 0 Å². The molecule has 1 aliphatic rings. The van der Waals surface area contributed by atoms with Crippen LogP contribution in [-0.4, -0.2) is 31.6 Å². The molecule has 4 rings (SSSR count). The monoisotopic (exact) mass is 383 g/mol. The lowest BCUT2D eigenvalue weighted by atomic mass is 10.1. The van der Waals surface area contributed by atoms with Crippen molar-refractivity contribution in [2.75, 3.05) is 11.1 Å². The van der Waals surface area contributed by atoms with Gasteiger partial charge in [0.15, 0.2) is 0 Å². The molecular weight excluding hydrogens is 362 g/mol. The number of hydrogen-bond acceptors (Lipinski definition) is 6. The van der Waals surface area contributed by atoms with Gasteiger partial charge in [-0.3, -0.25) is 4.79 Å². The summed E-state index contributed by atoms with van der Waals surface area (Å²) in [6, 6.07) is 10.1. The second kappa shape index (κ2) is 7.96. The molecule has 1 amide bonds. The van der Waals surface area contributed by atoms with Crippen molar-refractivity contribution >= 4 is 23.5 Å². The van der Waals surface area contributed by atoms with E-state index in [1.54, 1.807) is 6.20 Å². The van der Waals surface area contributed by atoms with Crippen LogP contribution in [0.15, 0.2) is 46.2 Å². The molecule has 0 aliphatic heterocycles. The number of thioether (sulfide) groups is 1. The number of amides is 1. The molecule has 3 aromatic rings. The first-order chi connectivity index (χ1) is 13.2. The number of aryl methyl sites for hydroxylation is 1. The van der Waals surface area contributed by atoms with Gasteiger partial charge in [0.05, 0.1) is 18.0 Å². The fraction of sp³-hybridized carbons (Fsp3) is 0.368. The van der Waals surface area contributed by atoms with Crippen LogP contribution in [0.2, 0.25) is 0 Å². The van der Waals surface area contributed by atoms with E-state index in [1.807, 2.05) is 41.9 Å². The summed E-state index contributed by atoms with van der Waals surface area (Å²) in [5.41, 5.74) is 2.03. The molecule has 140 valence electrons. The predicted molar refractivity (Wildman–Crippen MR) is 104 cm³/mol. The van der Waals surface area contributed by atoms with Crippen molar-refractivity contribution in [2.45, 2.75) is 43.9 Å². The number of anilines is 1. The van der Waals surface area contributed by atoms with E-state index in [-0.39, 0.29) is 11.7 Å². The first-order valence-corrected chi connectivity index (χ1v) is 10.0. The molecule has 1 saturated carbocycles. The van der Waals surface area contributed by atoms with Crippen LogP contribution >= 0.6 is 11.8 Å². The third-order valence-corrected chi connectivity index (χ3v) is 5.46. The van der Waals surface area contributed by atoms with Crippen LogP contribution in [-0.2, 0) is 4.79 Å². The van der Waals surface area contributed by atoms with Gasteiger partial charge in [-0.05, 0) is 31.9 Å². The second-order valence-corrected chi connectivity index (χ2v) is 7.60. The molecule has 1 N–H and O–H groups in total. The summed E-state index contributed by atoms with van der Waals surface area (Å²) in [6.07, 6.45) is 6.39. The number of carbonyl (C=O) groups excluding carboxylic acids is 1. The number of aromatic nitrogens is 4. The molecule has 7 nitrogen and oxygen atoms in total. The summed E-state index contributed by atoms with van der Waals surface area (Å²) in [4.78, 5) is 12.3. The van der Waals surface area contributed by atoms with Gasteiger partial charge in [0.25, 0.3) is 5.22 Å². The summed E-state index contributed by atoms with van der Waals surface area (Å²) < 4.78 is 7.57. The number of hydrogen-bond donors (Lipinski definition) is 1. The predicted octanol–water partition coefficient (Wildman–Crippen LogP) is 4.09. The van der Waals surface area contributed by atoms with Crippen molar-refractivity contribution in [3.05, 3.63) is 42.1 Å². The number of rotatable bonds is 6. The van der Waals surface area contributed by atoms with Gasteiger partial charge < -0.3 is 9.73 Å². The summed E-state index contributed by atoms with van der Waals surface area (Å²) >= 11 is 1.23. The summed E-state index contributed by atoms with van der Waals surface area (Å²) in [7, 11) is 0. The zero-order valence-electron chi connectivity index (χ0n) is 15.1. The average Bonchev–Trinajstić information content (AvgIpc) is 3.42. The van der Waals surface area contributed by atoms with Gasteiger partial charge in [-0.2, -0.15) is 5.10 Å². The Kier molecular flexibility index (Phi) is 5.24. The molecule has 2 heterocycles. The summed E-state index contributed by atoms with van der Waals surface area (Å²) in [5, 5.41) is 15.7. The van der Waals surface area contributed by atoms with Gasteiger partial charge in [-0.15, -0.1) is 10.2 Å². The Labute approximate surface area is 161 Å². The Balaban J connectivity index is 1.33. The van der Waals surface area contributed by atoms with Crippen molar-refractivity contribution in [3.8, 4) is 11.5 Å². The quantitative estimate of drug-likeness (QED) is 0.645. The largest absolute Gasteiger partial charge is 0.411 e. The molecule has 0 bridgehead atoms. The van der Waals surface area contributed by atoms with E-state index in [2.05, 4.69) is 20.6 Å². The van der Waals surface area contributed by atoms with Crippen LogP contribution in [0.1, 0.15) is 37.3 Å². The van der Waals surface area contributed by atoms with Crippen LogP contribution < -0.4 is 5.32 Å². The zero-order valence-corrected chi connectivity index (χ0v) is 15.9. The van der Waals surface area contributed by atoms with E-state index < -0.39 is 0 Å². The molecule has 0 radical (unpaired) electrons. The van der Waals surface area contributed by atoms with Crippen LogP contribution in [0, 0.1) is 6.92 Å². The van der Waals surface area contributed by atoms with E-state index in [0.29, 0.717) is 17.2 Å². The maximum atomic E-state index is 12.3. The first-order valence-electron chi connectivity index (χ1n) is 9.06. The normalized spacial score (nSPS) is 14.6. The van der Waals surface area contributed by atoms with E-state index in [1.165, 1.54) is 30.2 Å². The number of benzene rings is 1. The SMILES string of the molecule is Cc1ccc(-c2nnc(SCC(=O)Nc3ccnn3C3CCCC3)o2)cc1. The minimum Gasteiger partial charge on any atom is -0.411 e. The zero-order chi connectivity index (χ0) is 18.6. The van der Waals surface area contributed by atoms with Crippen molar-refractivity contribution in [3.63, 3.8) is 0 Å². The first kappa shape index (κ1) is 17.8. The molecule has 0 saturated heterocycles. The Bertz CT molecular complexity index is 912. The third kappa shape index (κ3) is 4.21. The van der Waals surface area contributed by atoms with Crippen LogP contribution in [0.4, 0.5) is 5.82 Å². The Morgan fingerprint density at radius 2 is 2.00 bits per heavy atom. The van der Waals surface area contributed by atoms with Crippen molar-refractivity contribution in [1.29, 1.82) is 0 Å². The van der Waals surface area contributed by atoms with Gasteiger partial charge >= 0.3 is 0 Å². The molecule has 1 aliphatic carbocycles. The van der Waals surface area contributed by atoms with Crippen LogP contribution in [0.3, 0.4) is 0 Å². The average molecular weight is 383 g/mol. The maximum Gasteiger partial charge on any atom is 0.277 e. The van der Waals surface area contributed by atoms with Gasteiger partial charge in [0.1, 0.15) is 5.82 Å². The fourth-order valence-electron chi connectivity index (χ4n) is 3.24. The maximum absolute atomic E-state index is 12.3. The highest BCUT2D eigenvalue weighted by Gasteiger charge is 2.20. The summed E-state index contributed by atoms with van der Waals surface area (Å²) in [5.74, 6) is 1.29. The summed E-state index contributed by atoms with van der Waals surface area (Å²) in [6.45, 7) is 2.02. The smallest absolute Gasteiger partial charge is 0.277 e. The highest BCUT2D eigenvalue weighted by molar-refractivity contribution is 7.99. The van der Waals surface area contributed by atoms with E-state index in [9.17, 15) is 4.79 Å². The molecule has 8 heteroatoms. The topological polar surface area (TPSA) is 85.8 Å². The number of nitrogens with zero attached hydrogens (tertiary/aromatic N) is 4. The van der Waals surface area contributed by atoms with Crippen molar-refractivity contribution in [1.82, 2.24) is 20.0 Å². The van der Waals surface area contributed by atoms with E-state index in [0.717, 1.165) is 24.2 Å². The molecular formula is C19H21N5O2S. The lowest BCUT2D eigenvalue weighted by molar-refractivity contribution is -0.113. The van der Waals surface area contributed by atoms with E-state index in [4.69, 9.17) is 4.42 Å². The molecule has 0 unspecified atom stereocenters. The Hall–Kier alpha value is -2.61. The highest BCUT2D eigenvalue weighted by Crippen LogP contribution is 2.31. The fourth-order valence-corrected chi connectivity index (χ4v) is 3.80. The lowest BCUT2D eigenvalue weighted by Gasteiger charge is -2.14. The van der Waals surface area contributed by atoms with Crippen LogP contribution in [0.25, 0.3) is 11.5 Å². The van der Waals surface area contributed by atoms with E-state index >= 15 is 0 Å². The molecule has 27 heavy (non-hydrogen) atoms. The third-order valence-electron chi connectivity index (χ3n) is 4.64. The second-order valence-electron chi connectivity index (χ2n) is 6.68. The van der Waals surface area contributed by atoms with Crippen LogP contribution in [0.5, 0.6) is 0 Å². The minimum atomic E-state index is -0.116. The molecule has 2 aromatic heterocycles. The van der Waals surface area contributed by atoms with Gasteiger partial charge in [-0.25, -0.2) is 4.68 Å². The number of carbonyl (C=O) groups is 1. The highest BCUT2D eigenvalue weighted by atomic mass is 32.2. The van der Waals surface area contributed by atoms with Gasteiger partial charge in [-0.1, -0.05) is 42.3 Å². The Morgan fingerprint density at radius 1 is 1.22 bits per heavy atom. The lowest BCUT2D eigenvalue weighted by Crippen LogP contribution is -2.19. The van der Waals surface area contributed by atoms with Gasteiger partial charge in [0, 0.05) is 11.6 Å². The minimum absolute atomic E-state index is 0.116.